The summed E-state index contributed by atoms with van der Waals surface area (Å²) >= 11 is 0. The van der Waals surface area contributed by atoms with Crippen LogP contribution in [0.2, 0.25) is 0 Å². The molecule has 6 aromatic rings. The van der Waals surface area contributed by atoms with Crippen molar-refractivity contribution in [3.05, 3.63) is 96.5 Å². The van der Waals surface area contributed by atoms with Crippen LogP contribution in [0, 0.1) is 22.8 Å². The first kappa shape index (κ1) is 23.1. The Morgan fingerprint density at radius 2 is 1.61 bits per heavy atom. The maximum atomic E-state index is 9.53. The molecule has 3 aromatic carbocycles. The summed E-state index contributed by atoms with van der Waals surface area (Å²) in [6, 6.07) is 27.1. The first-order valence-electron chi connectivity index (χ1n) is 12.2. The second-order valence-electron chi connectivity index (χ2n) is 9.83. The topological polar surface area (TPSA) is 95.6 Å². The SMILES string of the molecule is Cn1c(=NC#N)n(-c2ccc(C(C)(C)C#N)nc2)c2c3cc(-c4ccc5ccccc5c4)ccc3ncc21. The number of nitriles is 2. The number of aryl methyl sites for hydroxylation is 1. The third-order valence-corrected chi connectivity index (χ3v) is 7.06. The van der Waals surface area contributed by atoms with Gasteiger partial charge in [-0.3, -0.25) is 14.5 Å². The van der Waals surface area contributed by atoms with E-state index in [1.807, 2.05) is 66.6 Å². The number of hydrogen-bond acceptors (Lipinski definition) is 5. The molecule has 7 heteroatoms. The Hall–Kier alpha value is -5.27. The van der Waals surface area contributed by atoms with Crippen molar-refractivity contribution >= 4 is 32.7 Å². The summed E-state index contributed by atoms with van der Waals surface area (Å²) in [7, 11) is 1.87. The third kappa shape index (κ3) is 3.61. The van der Waals surface area contributed by atoms with Gasteiger partial charge in [0.05, 0.1) is 51.8 Å². The van der Waals surface area contributed by atoms with Crippen LogP contribution in [0.3, 0.4) is 0 Å². The average molecular weight is 494 g/mol. The fourth-order valence-corrected chi connectivity index (χ4v) is 4.91. The van der Waals surface area contributed by atoms with Crippen LogP contribution in [-0.2, 0) is 12.5 Å². The molecule has 0 fully saturated rings. The van der Waals surface area contributed by atoms with E-state index in [4.69, 9.17) is 4.98 Å². The zero-order valence-corrected chi connectivity index (χ0v) is 21.2. The molecule has 0 unspecified atom stereocenters. The molecule has 0 radical (unpaired) electrons. The summed E-state index contributed by atoms with van der Waals surface area (Å²) in [6.45, 7) is 3.67. The van der Waals surface area contributed by atoms with Crippen LogP contribution in [-0.4, -0.2) is 19.1 Å². The first-order valence-corrected chi connectivity index (χ1v) is 12.2. The lowest BCUT2D eigenvalue weighted by Crippen LogP contribution is -2.23. The molecular weight excluding hydrogens is 470 g/mol. The normalized spacial score (nSPS) is 12.2. The monoisotopic (exact) mass is 493 g/mol. The Morgan fingerprint density at radius 1 is 0.842 bits per heavy atom. The average Bonchev–Trinajstić information content (AvgIpc) is 3.24. The lowest BCUT2D eigenvalue weighted by molar-refractivity contribution is 0.658. The first-order chi connectivity index (χ1) is 18.4. The maximum Gasteiger partial charge on any atom is 0.226 e. The number of fused-ring (bicyclic) bond motifs is 4. The van der Waals surface area contributed by atoms with E-state index in [1.54, 1.807) is 12.4 Å². The summed E-state index contributed by atoms with van der Waals surface area (Å²) in [4.78, 5) is 13.5. The lowest BCUT2D eigenvalue weighted by Gasteiger charge is -2.15. The molecule has 0 aliphatic carbocycles. The summed E-state index contributed by atoms with van der Waals surface area (Å²) < 4.78 is 3.80. The second kappa shape index (κ2) is 8.69. The number of hydrogen-bond donors (Lipinski definition) is 0. The number of benzene rings is 3. The molecular formula is C31H23N7. The molecule has 0 spiro atoms. The van der Waals surface area contributed by atoms with E-state index >= 15 is 0 Å². The van der Waals surface area contributed by atoms with E-state index in [0.29, 0.717) is 11.3 Å². The highest BCUT2D eigenvalue weighted by atomic mass is 15.2. The smallest absolute Gasteiger partial charge is 0.226 e. The Morgan fingerprint density at radius 3 is 2.34 bits per heavy atom. The van der Waals surface area contributed by atoms with Gasteiger partial charge in [0.15, 0.2) is 0 Å². The van der Waals surface area contributed by atoms with Crippen molar-refractivity contribution in [3.63, 3.8) is 0 Å². The molecule has 3 heterocycles. The standard InChI is InChI=1S/C31H23N7/c1-31(2,18-32)28-13-11-24(16-35-28)38-29-25-15-23(22-9-8-20-6-4-5-7-21(20)14-22)10-12-26(25)34-17-27(29)37(3)30(38)36-19-33/h4-17H,1-3H3. The highest BCUT2D eigenvalue weighted by molar-refractivity contribution is 6.05. The molecule has 182 valence electrons. The van der Waals surface area contributed by atoms with Gasteiger partial charge in [0, 0.05) is 12.4 Å². The zero-order valence-electron chi connectivity index (χ0n) is 21.2. The Labute approximate surface area is 219 Å². The second-order valence-corrected chi connectivity index (χ2v) is 9.83. The van der Waals surface area contributed by atoms with E-state index in [9.17, 15) is 10.5 Å². The molecule has 38 heavy (non-hydrogen) atoms. The van der Waals surface area contributed by atoms with Crippen LogP contribution in [0.15, 0.2) is 90.2 Å². The van der Waals surface area contributed by atoms with E-state index < -0.39 is 5.41 Å². The third-order valence-electron chi connectivity index (χ3n) is 7.06. The van der Waals surface area contributed by atoms with Gasteiger partial charge in [0.25, 0.3) is 0 Å². The molecule has 0 atom stereocenters. The highest BCUT2D eigenvalue weighted by Gasteiger charge is 2.22. The fraction of sp³-hybridized carbons (Fsp3) is 0.129. The highest BCUT2D eigenvalue weighted by Crippen LogP contribution is 2.31. The molecule has 3 aromatic heterocycles. The Kier molecular flexibility index (Phi) is 5.29. The van der Waals surface area contributed by atoms with Gasteiger partial charge in [-0.1, -0.05) is 42.5 Å². The summed E-state index contributed by atoms with van der Waals surface area (Å²) in [5, 5.41) is 22.3. The van der Waals surface area contributed by atoms with Crippen LogP contribution in [0.4, 0.5) is 0 Å². The minimum absolute atomic E-state index is 0.460. The van der Waals surface area contributed by atoms with Gasteiger partial charge in [-0.2, -0.15) is 10.5 Å². The molecule has 0 aliphatic rings. The van der Waals surface area contributed by atoms with Gasteiger partial charge >= 0.3 is 0 Å². The Balaban J connectivity index is 1.64. The molecule has 0 saturated heterocycles. The minimum atomic E-state index is -0.715. The molecule has 7 nitrogen and oxygen atoms in total. The van der Waals surface area contributed by atoms with Gasteiger partial charge < -0.3 is 4.57 Å². The van der Waals surface area contributed by atoms with Crippen molar-refractivity contribution in [2.75, 3.05) is 0 Å². The zero-order chi connectivity index (χ0) is 26.4. The summed E-state index contributed by atoms with van der Waals surface area (Å²) in [6.07, 6.45) is 5.47. The van der Waals surface area contributed by atoms with Gasteiger partial charge in [-0.25, -0.2) is 0 Å². The molecule has 0 N–H and O–H groups in total. The van der Waals surface area contributed by atoms with Crippen LogP contribution in [0.25, 0.3) is 49.5 Å². The number of nitrogens with zero attached hydrogens (tertiary/aromatic N) is 7. The van der Waals surface area contributed by atoms with Gasteiger partial charge in [0.1, 0.15) is 0 Å². The Bertz CT molecular complexity index is 2030. The van der Waals surface area contributed by atoms with Gasteiger partial charge in [-0.15, -0.1) is 4.99 Å². The van der Waals surface area contributed by atoms with E-state index in [-0.39, 0.29) is 0 Å². The van der Waals surface area contributed by atoms with Crippen molar-refractivity contribution in [3.8, 4) is 29.1 Å². The predicted octanol–water partition coefficient (Wildman–Crippen LogP) is 5.92. The van der Waals surface area contributed by atoms with Gasteiger partial charge in [0.2, 0.25) is 11.8 Å². The van der Waals surface area contributed by atoms with Crippen molar-refractivity contribution < 1.29 is 0 Å². The number of pyridine rings is 2. The van der Waals surface area contributed by atoms with Gasteiger partial charge in [-0.05, 0) is 66.1 Å². The van der Waals surface area contributed by atoms with Crippen LogP contribution >= 0.6 is 0 Å². The van der Waals surface area contributed by atoms with Crippen molar-refractivity contribution in [2.24, 2.45) is 12.0 Å². The number of imidazole rings is 1. The minimum Gasteiger partial charge on any atom is -0.311 e. The van der Waals surface area contributed by atoms with Crippen LogP contribution in [0.1, 0.15) is 19.5 Å². The number of aromatic nitrogens is 4. The molecule has 6 rings (SSSR count). The van der Waals surface area contributed by atoms with Crippen molar-refractivity contribution in [2.45, 2.75) is 19.3 Å². The largest absolute Gasteiger partial charge is 0.311 e. The van der Waals surface area contributed by atoms with E-state index in [0.717, 1.165) is 38.8 Å². The fourth-order valence-electron chi connectivity index (χ4n) is 4.91. The predicted molar refractivity (Wildman–Crippen MR) is 148 cm³/mol. The maximum absolute atomic E-state index is 9.53. The summed E-state index contributed by atoms with van der Waals surface area (Å²) in [5.41, 5.74) is 5.88. The summed E-state index contributed by atoms with van der Waals surface area (Å²) in [5.74, 6) is 0. The quantitative estimate of drug-likeness (QED) is 0.286. The van der Waals surface area contributed by atoms with E-state index in [2.05, 4.69) is 58.5 Å². The molecule has 0 saturated carbocycles. The molecule has 0 aliphatic heterocycles. The van der Waals surface area contributed by atoms with Crippen molar-refractivity contribution in [1.29, 1.82) is 10.5 Å². The van der Waals surface area contributed by atoms with Crippen LogP contribution in [0.5, 0.6) is 0 Å². The molecule has 0 amide bonds. The number of rotatable bonds is 3. The van der Waals surface area contributed by atoms with Crippen molar-refractivity contribution in [1.82, 2.24) is 19.1 Å². The van der Waals surface area contributed by atoms with Crippen LogP contribution < -0.4 is 5.62 Å². The lowest BCUT2D eigenvalue weighted by atomic mass is 9.91. The van der Waals surface area contributed by atoms with E-state index in [1.165, 1.54) is 10.8 Å². The molecule has 0 bridgehead atoms.